The number of carboxylic acids is 1. The van der Waals surface area contributed by atoms with Crippen molar-refractivity contribution in [2.75, 3.05) is 39.5 Å². The third-order valence-electron chi connectivity index (χ3n) is 7.03. The number of hydrogen-bond acceptors (Lipinski definition) is 7. The minimum absolute atomic E-state index is 0.197. The summed E-state index contributed by atoms with van der Waals surface area (Å²) in [6.07, 6.45) is 0.675. The number of morpholine rings is 1. The summed E-state index contributed by atoms with van der Waals surface area (Å²) in [5.74, 6) is -0.379. The predicted octanol–water partition coefficient (Wildman–Crippen LogP) is 3.40. The average Bonchev–Trinajstić information content (AvgIpc) is 3.53. The van der Waals surface area contributed by atoms with Crippen molar-refractivity contribution in [3.8, 4) is 17.0 Å². The molecule has 1 fully saturated rings. The largest absolute Gasteiger partial charge is 0.492 e. The van der Waals surface area contributed by atoms with Gasteiger partial charge in [-0.25, -0.2) is 4.98 Å². The van der Waals surface area contributed by atoms with Crippen LogP contribution in [0.1, 0.15) is 22.6 Å². The lowest BCUT2D eigenvalue weighted by Crippen LogP contribution is -2.43. The Balaban J connectivity index is 1.15. The fourth-order valence-corrected chi connectivity index (χ4v) is 5.80. The summed E-state index contributed by atoms with van der Waals surface area (Å²) in [4.78, 5) is 31.8. The van der Waals surface area contributed by atoms with Gasteiger partial charge in [-0.15, -0.1) is 11.3 Å². The van der Waals surface area contributed by atoms with Crippen molar-refractivity contribution in [2.24, 2.45) is 5.41 Å². The minimum Gasteiger partial charge on any atom is -0.492 e. The van der Waals surface area contributed by atoms with Crippen molar-refractivity contribution in [2.45, 2.75) is 25.8 Å². The van der Waals surface area contributed by atoms with Crippen LogP contribution >= 0.6 is 11.3 Å². The molecule has 0 spiro atoms. The molecule has 9 heteroatoms. The summed E-state index contributed by atoms with van der Waals surface area (Å²) in [5, 5.41) is 15.2. The highest BCUT2D eigenvalue weighted by Crippen LogP contribution is 2.40. The molecule has 0 unspecified atom stereocenters. The average molecular weight is 522 g/mol. The lowest BCUT2D eigenvalue weighted by molar-refractivity contribution is -0.145. The number of nitrogens with zero attached hydrogens (tertiary/aromatic N) is 2. The van der Waals surface area contributed by atoms with Crippen LogP contribution in [0, 0.1) is 5.41 Å². The maximum Gasteiger partial charge on any atom is 0.304 e. The van der Waals surface area contributed by atoms with Crippen LogP contribution in [0.15, 0.2) is 53.9 Å². The number of carbonyl (C=O) groups excluding carboxylic acids is 1. The van der Waals surface area contributed by atoms with Gasteiger partial charge in [-0.1, -0.05) is 24.3 Å². The van der Waals surface area contributed by atoms with E-state index in [1.807, 2.05) is 53.9 Å². The Morgan fingerprint density at radius 2 is 1.78 bits per heavy atom. The lowest BCUT2D eigenvalue weighted by atomic mass is 9.80. The van der Waals surface area contributed by atoms with Crippen LogP contribution < -0.4 is 10.1 Å². The first-order valence-electron chi connectivity index (χ1n) is 12.6. The number of rotatable bonds is 10. The van der Waals surface area contributed by atoms with E-state index >= 15 is 0 Å². The Morgan fingerprint density at radius 3 is 2.46 bits per heavy atom. The van der Waals surface area contributed by atoms with Gasteiger partial charge in [0.15, 0.2) is 0 Å². The summed E-state index contributed by atoms with van der Waals surface area (Å²) in [7, 11) is 0. The molecule has 37 heavy (non-hydrogen) atoms. The normalized spacial score (nSPS) is 16.8. The van der Waals surface area contributed by atoms with Crippen molar-refractivity contribution in [3.05, 3.63) is 70.0 Å². The lowest BCUT2D eigenvalue weighted by Gasteiger charge is -2.26. The molecule has 2 aromatic carbocycles. The van der Waals surface area contributed by atoms with E-state index in [-0.39, 0.29) is 18.9 Å². The predicted molar refractivity (Wildman–Crippen MR) is 141 cm³/mol. The first-order chi connectivity index (χ1) is 18.0. The molecule has 2 heterocycles. The van der Waals surface area contributed by atoms with Gasteiger partial charge in [-0.05, 0) is 48.2 Å². The Labute approximate surface area is 220 Å². The van der Waals surface area contributed by atoms with Gasteiger partial charge in [0.25, 0.3) is 0 Å². The molecule has 3 aromatic rings. The van der Waals surface area contributed by atoms with Crippen molar-refractivity contribution in [1.82, 2.24) is 15.2 Å². The maximum atomic E-state index is 13.2. The third-order valence-corrected chi connectivity index (χ3v) is 7.88. The SMILES string of the molecule is O=C(O)CC1(C(=O)NCc2nc(-c3ccc(OCCN4CCOCC4)cc3)cs2)Cc2ccccc2C1. The number of carboxylic acid groups (broad SMARTS) is 1. The number of fused-ring (bicyclic) bond motifs is 1. The van der Waals surface area contributed by atoms with Crippen molar-refractivity contribution in [3.63, 3.8) is 0 Å². The summed E-state index contributed by atoms with van der Waals surface area (Å²) >= 11 is 1.47. The molecule has 194 valence electrons. The zero-order chi connectivity index (χ0) is 25.7. The van der Waals surface area contributed by atoms with Gasteiger partial charge in [0.2, 0.25) is 5.91 Å². The van der Waals surface area contributed by atoms with Crippen molar-refractivity contribution in [1.29, 1.82) is 0 Å². The second-order valence-electron chi connectivity index (χ2n) is 9.61. The Kier molecular flexibility index (Phi) is 7.83. The second kappa shape index (κ2) is 11.4. The molecule has 0 atom stereocenters. The van der Waals surface area contributed by atoms with Gasteiger partial charge in [0.05, 0.1) is 37.3 Å². The number of aromatic nitrogens is 1. The molecule has 8 nitrogen and oxygen atoms in total. The smallest absolute Gasteiger partial charge is 0.304 e. The highest BCUT2D eigenvalue weighted by molar-refractivity contribution is 7.09. The topological polar surface area (TPSA) is 101 Å². The minimum atomic E-state index is -0.965. The van der Waals surface area contributed by atoms with E-state index in [4.69, 9.17) is 9.47 Å². The second-order valence-corrected chi connectivity index (χ2v) is 10.6. The zero-order valence-corrected chi connectivity index (χ0v) is 21.5. The summed E-state index contributed by atoms with van der Waals surface area (Å²) in [5.41, 5.74) is 2.94. The number of thiazole rings is 1. The van der Waals surface area contributed by atoms with Gasteiger partial charge in [0.1, 0.15) is 17.4 Å². The molecule has 1 aromatic heterocycles. The van der Waals surface area contributed by atoms with Crippen LogP contribution in [0.3, 0.4) is 0 Å². The number of nitrogens with one attached hydrogen (secondary N) is 1. The van der Waals surface area contributed by atoms with E-state index in [0.29, 0.717) is 19.4 Å². The van der Waals surface area contributed by atoms with E-state index in [9.17, 15) is 14.7 Å². The van der Waals surface area contributed by atoms with E-state index in [1.54, 1.807) is 0 Å². The Hall–Kier alpha value is -3.27. The molecule has 0 bridgehead atoms. The Bertz CT molecular complexity index is 1210. The molecular formula is C28H31N3O5S. The number of hydrogen-bond donors (Lipinski definition) is 2. The molecule has 2 aliphatic rings. The van der Waals surface area contributed by atoms with E-state index in [1.165, 1.54) is 11.3 Å². The molecular weight excluding hydrogens is 490 g/mol. The van der Waals surface area contributed by atoms with Crippen LogP contribution in [0.2, 0.25) is 0 Å². The van der Waals surface area contributed by atoms with Crippen molar-refractivity contribution >= 4 is 23.2 Å². The van der Waals surface area contributed by atoms with Gasteiger partial charge in [-0.2, -0.15) is 0 Å². The van der Waals surface area contributed by atoms with Crippen LogP contribution in [-0.4, -0.2) is 66.3 Å². The van der Waals surface area contributed by atoms with E-state index in [0.717, 1.165) is 66.0 Å². The van der Waals surface area contributed by atoms with Gasteiger partial charge in [0, 0.05) is 30.6 Å². The molecule has 1 aliphatic heterocycles. The first kappa shape index (κ1) is 25.4. The van der Waals surface area contributed by atoms with Gasteiger partial charge in [-0.3, -0.25) is 14.5 Å². The number of amides is 1. The number of benzene rings is 2. The molecule has 0 radical (unpaired) electrons. The third kappa shape index (κ3) is 6.18. The number of ether oxygens (including phenoxy) is 2. The van der Waals surface area contributed by atoms with Crippen LogP contribution in [0.25, 0.3) is 11.3 Å². The molecule has 1 amide bonds. The molecule has 1 saturated heterocycles. The maximum absolute atomic E-state index is 13.2. The van der Waals surface area contributed by atoms with Crippen LogP contribution in [0.4, 0.5) is 0 Å². The Morgan fingerprint density at radius 1 is 1.08 bits per heavy atom. The summed E-state index contributed by atoms with van der Waals surface area (Å²) < 4.78 is 11.3. The van der Waals surface area contributed by atoms with Crippen LogP contribution in [-0.2, 0) is 33.7 Å². The summed E-state index contributed by atoms with van der Waals surface area (Å²) in [6, 6.07) is 15.7. The van der Waals surface area contributed by atoms with E-state index < -0.39 is 11.4 Å². The fraction of sp³-hybridized carbons (Fsp3) is 0.393. The van der Waals surface area contributed by atoms with Crippen molar-refractivity contribution < 1.29 is 24.2 Å². The van der Waals surface area contributed by atoms with E-state index in [2.05, 4.69) is 15.2 Å². The fourth-order valence-electron chi connectivity index (χ4n) is 5.06. The number of aliphatic carboxylic acids is 1. The highest BCUT2D eigenvalue weighted by atomic mass is 32.1. The standard InChI is InChI=1S/C28H31N3O5S/c32-26(33)17-28(15-21-3-1-2-4-22(21)16-28)27(34)29-18-25-30-24(19-37-25)20-5-7-23(8-6-20)36-14-11-31-9-12-35-13-10-31/h1-8,19H,9-18H2,(H,29,34)(H,32,33). The summed E-state index contributed by atoms with van der Waals surface area (Å²) in [6.45, 7) is 5.24. The number of carbonyl (C=O) groups is 2. The molecule has 2 N–H and O–H groups in total. The zero-order valence-electron chi connectivity index (χ0n) is 20.7. The van der Waals surface area contributed by atoms with Gasteiger partial charge < -0.3 is 19.9 Å². The first-order valence-corrected chi connectivity index (χ1v) is 13.4. The monoisotopic (exact) mass is 521 g/mol. The molecule has 1 aliphatic carbocycles. The quantitative estimate of drug-likeness (QED) is 0.422. The molecule has 5 rings (SSSR count). The van der Waals surface area contributed by atoms with Crippen LogP contribution in [0.5, 0.6) is 5.75 Å². The molecule has 0 saturated carbocycles. The highest BCUT2D eigenvalue weighted by Gasteiger charge is 2.45. The van der Waals surface area contributed by atoms with Gasteiger partial charge >= 0.3 is 5.97 Å².